The molecule has 0 saturated heterocycles. The van der Waals surface area contributed by atoms with Gasteiger partial charge in [0.1, 0.15) is 11.6 Å². The van der Waals surface area contributed by atoms with E-state index in [2.05, 4.69) is 10.1 Å². The number of rotatable bonds is 66. The Labute approximate surface area is 709 Å². The number of esters is 2. The smallest absolute Gasteiger partial charge is 0.328 e. The number of carboxylic acid groups (broad SMARTS) is 5. The maximum Gasteiger partial charge on any atom is 0.328 e. The number of imide groups is 4. The largest absolute Gasteiger partial charge is 0.481 e. The van der Waals surface area contributed by atoms with E-state index in [0.29, 0.717) is 209 Å². The highest BCUT2D eigenvalue weighted by Gasteiger charge is 2.26. The fraction of sp³-hybridized carbons (Fsp3) is 0.663. The van der Waals surface area contributed by atoms with Crippen LogP contribution in [0.2, 0.25) is 0 Å². The fourth-order valence-corrected chi connectivity index (χ4v) is 10.2. The van der Waals surface area contributed by atoms with E-state index in [-0.39, 0.29) is 90.9 Å². The number of ether oxygens (including phenoxy) is 7. The minimum atomic E-state index is -1.17. The van der Waals surface area contributed by atoms with Gasteiger partial charge >= 0.3 is 35.8 Å². The number of hydrogen-bond donors (Lipinski definition) is 9. The summed E-state index contributed by atoms with van der Waals surface area (Å²) in [7, 11) is 0. The first-order valence-corrected chi connectivity index (χ1v) is 41.5. The number of amides is 9. The number of carboxylic acids is 5. The average Bonchev–Trinajstić information content (AvgIpc) is 1.77. The molecule has 9 amide bonds. The quantitative estimate of drug-likeness (QED) is 0.0114. The first kappa shape index (κ1) is 115. The summed E-state index contributed by atoms with van der Waals surface area (Å²) in [4.78, 5) is 202. The van der Waals surface area contributed by atoms with Gasteiger partial charge in [-0.25, -0.2) is 4.79 Å². The zero-order valence-electron chi connectivity index (χ0n) is 70.7. The Hall–Kier alpha value is -9.80. The van der Waals surface area contributed by atoms with E-state index in [0.717, 1.165) is 122 Å². The number of carbonyl (C=O) groups excluding carboxylic acids is 13. The number of nitrogens with zero attached hydrogens (tertiary/aromatic N) is 4. The van der Waals surface area contributed by atoms with Crippen LogP contribution in [0.25, 0.3) is 0 Å². The van der Waals surface area contributed by atoms with Crippen molar-refractivity contribution in [3.63, 3.8) is 0 Å². The number of aliphatic carboxylic acids is 5. The number of carbonyl (C=O) groups is 18. The van der Waals surface area contributed by atoms with Gasteiger partial charge in [-0.3, -0.25) is 101 Å². The molecule has 0 saturated carbocycles. The van der Waals surface area contributed by atoms with Gasteiger partial charge in [0.25, 0.3) is 53.2 Å². The van der Waals surface area contributed by atoms with Crippen LogP contribution in [-0.2, 0) is 119 Å². The van der Waals surface area contributed by atoms with Gasteiger partial charge in [0.15, 0.2) is 0 Å². The summed E-state index contributed by atoms with van der Waals surface area (Å²) in [5.41, 5.74) is 15.8. The summed E-state index contributed by atoms with van der Waals surface area (Å²) < 4.78 is 36.9. The molecule has 0 radical (unpaired) electrons. The highest BCUT2D eigenvalue weighted by molar-refractivity contribution is 6.14. The van der Waals surface area contributed by atoms with Crippen molar-refractivity contribution in [2.45, 2.75) is 226 Å². The van der Waals surface area contributed by atoms with Crippen LogP contribution in [0.1, 0.15) is 226 Å². The molecule has 4 aliphatic heterocycles. The zero-order valence-corrected chi connectivity index (χ0v) is 70.7. The molecule has 0 atom stereocenters. The Morgan fingerprint density at radius 3 is 0.835 bits per heavy atom. The van der Waals surface area contributed by atoms with Gasteiger partial charge in [0.2, 0.25) is 5.91 Å². The topological polar surface area (TPSA) is 576 Å². The molecule has 12 N–H and O–H groups in total. The third-order valence-electron chi connectivity index (χ3n) is 16.6. The second kappa shape index (κ2) is 81.2. The van der Waals surface area contributed by atoms with E-state index in [1.54, 1.807) is 6.92 Å². The maximum atomic E-state index is 12.0. The van der Waals surface area contributed by atoms with Crippen molar-refractivity contribution >= 4 is 107 Å². The van der Waals surface area contributed by atoms with Gasteiger partial charge in [-0.15, -0.1) is 0 Å². The summed E-state index contributed by atoms with van der Waals surface area (Å²) in [6.07, 6.45) is 33.0. The van der Waals surface area contributed by atoms with Crippen molar-refractivity contribution in [2.24, 2.45) is 17.2 Å². The van der Waals surface area contributed by atoms with Crippen LogP contribution < -0.4 is 22.5 Å². The monoisotopic (exact) mass is 1720 g/mol. The summed E-state index contributed by atoms with van der Waals surface area (Å²) in [5, 5.41) is 43.0. The zero-order chi connectivity index (χ0) is 90.9. The van der Waals surface area contributed by atoms with Gasteiger partial charge in [0, 0.05) is 185 Å². The van der Waals surface area contributed by atoms with Crippen LogP contribution in [0, 0.1) is 0 Å². The van der Waals surface area contributed by atoms with Crippen molar-refractivity contribution in [3.8, 4) is 0 Å². The Morgan fingerprint density at radius 2 is 0.562 bits per heavy atom. The fourth-order valence-electron chi connectivity index (χ4n) is 10.2. The predicted octanol–water partition coefficient (Wildman–Crippen LogP) is 5.80. The van der Waals surface area contributed by atoms with Crippen LogP contribution in [0.4, 0.5) is 0 Å². The Kier molecular flexibility index (Phi) is 77.4. The lowest BCUT2D eigenvalue weighted by molar-refractivity contribution is -0.160. The number of unbranched alkanes of at least 4 members (excludes halogenated alkanes) is 14. The van der Waals surface area contributed by atoms with Gasteiger partial charge in [-0.05, 0) is 135 Å². The van der Waals surface area contributed by atoms with E-state index >= 15 is 0 Å². The summed E-state index contributed by atoms with van der Waals surface area (Å²) in [6.45, 7) is 13.8. The number of nitrogens with one attached hydrogen (secondary N) is 1. The first-order chi connectivity index (χ1) is 58.0. The molecule has 0 aromatic heterocycles. The lowest BCUT2D eigenvalue weighted by Crippen LogP contribution is -2.30. The standard InChI is InChI=1S/C32H48N2O9.C13H17NO5.C10H24N2O3.C10H15NO5.C10H13NO4.C6H13NO2.C2H4O2/c35-27(11-3-1-7-19-33-29(37)15-16-30(33)38)13-5-9-21-41-23-25-43-26-24-42-22-10-6-14-28(36)12-4-2-8-20-34-31(39)17-18-32(34)40;1-2-12(17)19-13(18)6-4-3-5-9-14-10(15)7-8-11(14)16;11-3-1-5-13-7-9-15-10-8-14-6-2-4-12;12-8(5-6-10(15)16)11-7-3-1-2-4-9(13)14;12-8-5-6-9(13)11(8)7-3-1-2-4-10(14)15;7-5-3-1-2-4-6(8)9;1-2(3)4/h15-18H,1-14,19-26H2;7-8H,2-6,9H2,1H3;1-12H2;5-6H,1-4,7H2,(H,11,12)(H,13,14)(H,15,16);5-6H,1-4,7H2,(H,14,15);1-5,7H2,(H,8,9);1H3,(H,3,4)/b;;;6-5-;;;. The van der Waals surface area contributed by atoms with Crippen molar-refractivity contribution in [1.82, 2.24) is 24.9 Å². The second-order valence-electron chi connectivity index (χ2n) is 27.1. The lowest BCUT2D eigenvalue weighted by atomic mass is 10.1. The van der Waals surface area contributed by atoms with Gasteiger partial charge < -0.3 is 81.2 Å². The molecule has 686 valence electrons. The number of hydrogen-bond acceptors (Lipinski definition) is 28. The third-order valence-corrected chi connectivity index (χ3v) is 16.6. The minimum absolute atomic E-state index is 0.132. The van der Waals surface area contributed by atoms with Gasteiger partial charge in [0.05, 0.1) is 52.9 Å². The molecule has 4 aliphatic rings. The van der Waals surface area contributed by atoms with Crippen LogP contribution >= 0.6 is 0 Å². The summed E-state index contributed by atoms with van der Waals surface area (Å²) >= 11 is 0. The molecule has 121 heavy (non-hydrogen) atoms. The molecule has 0 aliphatic carbocycles. The lowest BCUT2D eigenvalue weighted by Gasteiger charge is -2.12. The molecule has 4 heterocycles. The predicted molar refractivity (Wildman–Crippen MR) is 441 cm³/mol. The van der Waals surface area contributed by atoms with Crippen molar-refractivity contribution in [1.29, 1.82) is 0 Å². The van der Waals surface area contributed by atoms with E-state index in [9.17, 15) is 81.5 Å². The third kappa shape index (κ3) is 76.1. The molecule has 0 spiro atoms. The Bertz CT molecular complexity index is 3050. The van der Waals surface area contributed by atoms with Crippen molar-refractivity contribution < 1.29 is 145 Å². The molecule has 0 aromatic carbocycles. The van der Waals surface area contributed by atoms with Crippen LogP contribution in [0.5, 0.6) is 0 Å². The van der Waals surface area contributed by atoms with Crippen molar-refractivity contribution in [3.05, 3.63) is 60.8 Å². The normalized spacial score (nSPS) is 12.9. The molecule has 0 fully saturated rings. The minimum Gasteiger partial charge on any atom is -0.481 e. The van der Waals surface area contributed by atoms with Crippen LogP contribution in [0.15, 0.2) is 60.8 Å². The highest BCUT2D eigenvalue weighted by Crippen LogP contribution is 2.14. The second-order valence-corrected chi connectivity index (χ2v) is 27.1. The van der Waals surface area contributed by atoms with Crippen LogP contribution in [-0.4, -0.2) is 283 Å². The summed E-state index contributed by atoms with van der Waals surface area (Å²) in [6, 6.07) is 0. The molecule has 0 aromatic rings. The first-order valence-electron chi connectivity index (χ1n) is 41.5. The SMILES string of the molecule is CC(=O)O.CCC(=O)OC(=O)CCCCCN1C(=O)C=CC1=O.NCCCCCC(=O)O.NCCCOCCOCCOCCCN.O=C(CCCCCN1C(=O)C=CC1=O)CCCCOCCOCCOCCCCC(=O)CCCCCN1C(=O)C=CC1=O.O=C(O)/C=C\C(=O)NCCCCCC(=O)O.O=C(O)CCCCCN1C(=O)C=CC1=O. The average molecular weight is 1720 g/mol. The number of nitrogens with two attached hydrogens (primary N) is 3. The number of ketones is 2. The molecule has 38 nitrogen and oxygen atoms in total. The van der Waals surface area contributed by atoms with E-state index in [4.69, 9.17) is 75.9 Å². The van der Waals surface area contributed by atoms with Gasteiger partial charge in [-0.1, -0.05) is 45.4 Å². The van der Waals surface area contributed by atoms with Crippen molar-refractivity contribution in [2.75, 3.05) is 132 Å². The van der Waals surface area contributed by atoms with E-state index < -0.39 is 47.7 Å². The van der Waals surface area contributed by atoms with Gasteiger partial charge in [-0.2, -0.15) is 0 Å². The molecule has 0 unspecified atom stereocenters. The Balaban J connectivity index is -0.00000149. The number of Topliss-reactive ketones (excluding diaryl/α,β-unsaturated/α-hetero) is 2. The maximum absolute atomic E-state index is 12.0. The molecule has 4 rings (SSSR count). The molecular weight excluding hydrogens is 1590 g/mol. The van der Waals surface area contributed by atoms with E-state index in [1.165, 1.54) is 68.2 Å². The summed E-state index contributed by atoms with van der Waals surface area (Å²) in [5.74, 6) is -7.57. The molecule has 0 bridgehead atoms. The molecule has 38 heteroatoms. The van der Waals surface area contributed by atoms with E-state index in [1.807, 2.05) is 0 Å². The van der Waals surface area contributed by atoms with Crippen LogP contribution in [0.3, 0.4) is 0 Å². The highest BCUT2D eigenvalue weighted by atomic mass is 16.6. The molecular formula is C83H134N8O30. The Morgan fingerprint density at radius 1 is 0.314 bits per heavy atom.